The van der Waals surface area contributed by atoms with Gasteiger partial charge in [0.1, 0.15) is 5.82 Å². The van der Waals surface area contributed by atoms with Crippen molar-refractivity contribution < 1.29 is 26.3 Å². The van der Waals surface area contributed by atoms with Gasteiger partial charge in [0.2, 0.25) is 0 Å². The van der Waals surface area contributed by atoms with E-state index in [1.807, 2.05) is 0 Å². The van der Waals surface area contributed by atoms with Crippen LogP contribution in [0.1, 0.15) is 29.1 Å². The maximum Gasteiger partial charge on any atom is 0.433 e. The number of halogens is 6. The normalized spacial score (nSPS) is 13.9. The number of anilines is 1. The second kappa shape index (κ2) is 6.83. The number of aryl methyl sites for hydroxylation is 1. The van der Waals surface area contributed by atoms with Gasteiger partial charge in [0.15, 0.2) is 10.9 Å². The third-order valence-electron chi connectivity index (χ3n) is 3.92. The number of nitrogen functional groups attached to an aromatic ring is 1. The van der Waals surface area contributed by atoms with Gasteiger partial charge in [0, 0.05) is 24.7 Å². The summed E-state index contributed by atoms with van der Waals surface area (Å²) in [6.45, 7) is 1.58. The monoisotopic (exact) mass is 421 g/mol. The molecule has 28 heavy (non-hydrogen) atoms. The largest absolute Gasteiger partial charge is 0.433 e. The third-order valence-corrected chi connectivity index (χ3v) is 4.91. The van der Waals surface area contributed by atoms with Crippen LogP contribution >= 0.6 is 11.8 Å². The summed E-state index contributed by atoms with van der Waals surface area (Å²) in [6, 6.07) is 1.88. The predicted molar refractivity (Wildman–Crippen MR) is 91.4 cm³/mol. The van der Waals surface area contributed by atoms with Crippen molar-refractivity contribution in [2.75, 3.05) is 5.73 Å². The number of aromatic nitrogens is 4. The molecule has 3 rings (SSSR count). The fraction of sp³-hybridized carbons (Fsp3) is 0.312. The number of nitrogens with two attached hydrogens (primary N) is 1. The van der Waals surface area contributed by atoms with E-state index in [4.69, 9.17) is 5.73 Å². The maximum absolute atomic E-state index is 13.2. The zero-order chi connectivity index (χ0) is 20.9. The fourth-order valence-electron chi connectivity index (χ4n) is 2.60. The SMILES string of the molecule is CC(Sc1nc(N)cc(C(F)(F)F)n1)c1cc2c(C(F)(F)F)cn(C)c2cn1. The summed E-state index contributed by atoms with van der Waals surface area (Å²) in [4.78, 5) is 11.3. The van der Waals surface area contributed by atoms with Crippen LogP contribution in [0, 0.1) is 0 Å². The first kappa shape index (κ1) is 20.2. The standard InChI is InChI=1S/C16H13F6N5S/c1-7(28-14-25-12(16(20,21)22)4-13(23)26-14)10-3-8-9(15(17,18)19)6-27(2)11(8)5-24-10/h3-7H,1-2H3,(H2,23,25,26). The van der Waals surface area contributed by atoms with Gasteiger partial charge in [-0.25, -0.2) is 9.97 Å². The highest BCUT2D eigenvalue weighted by Gasteiger charge is 2.35. The van der Waals surface area contributed by atoms with E-state index in [1.165, 1.54) is 23.9 Å². The molecule has 1 unspecified atom stereocenters. The molecule has 3 aromatic rings. The van der Waals surface area contributed by atoms with E-state index >= 15 is 0 Å². The summed E-state index contributed by atoms with van der Waals surface area (Å²) in [5.41, 5.74) is 3.93. The molecule has 0 saturated carbocycles. The molecule has 0 bridgehead atoms. The summed E-state index contributed by atoms with van der Waals surface area (Å²) in [6.07, 6.45) is -6.99. The molecular formula is C16H13F6N5S. The lowest BCUT2D eigenvalue weighted by molar-refractivity contribution is -0.141. The van der Waals surface area contributed by atoms with Crippen LogP contribution in [-0.4, -0.2) is 19.5 Å². The molecule has 2 N–H and O–H groups in total. The lowest BCUT2D eigenvalue weighted by Gasteiger charge is -2.13. The summed E-state index contributed by atoms with van der Waals surface area (Å²) >= 11 is 0.817. The molecule has 0 amide bonds. The lowest BCUT2D eigenvalue weighted by Crippen LogP contribution is -2.11. The smallest absolute Gasteiger partial charge is 0.384 e. The Kier molecular flexibility index (Phi) is 4.94. The Hall–Kier alpha value is -2.50. The highest BCUT2D eigenvalue weighted by Crippen LogP contribution is 2.39. The quantitative estimate of drug-likeness (QED) is 0.373. The van der Waals surface area contributed by atoms with Gasteiger partial charge in [0.25, 0.3) is 0 Å². The molecule has 12 heteroatoms. The van der Waals surface area contributed by atoms with Gasteiger partial charge in [-0.1, -0.05) is 11.8 Å². The van der Waals surface area contributed by atoms with Gasteiger partial charge in [-0.3, -0.25) is 4.98 Å². The summed E-state index contributed by atoms with van der Waals surface area (Å²) in [5.74, 6) is -0.358. The van der Waals surface area contributed by atoms with Crippen LogP contribution < -0.4 is 5.73 Å². The summed E-state index contributed by atoms with van der Waals surface area (Å²) < 4.78 is 79.6. The molecular weight excluding hydrogens is 408 g/mol. The van der Waals surface area contributed by atoms with Crippen molar-refractivity contribution in [1.82, 2.24) is 19.5 Å². The average molecular weight is 421 g/mol. The van der Waals surface area contributed by atoms with E-state index in [0.29, 0.717) is 6.07 Å². The number of pyridine rings is 1. The van der Waals surface area contributed by atoms with E-state index in [0.717, 1.165) is 18.0 Å². The molecule has 0 aromatic carbocycles. The Labute approximate surface area is 159 Å². The van der Waals surface area contributed by atoms with Gasteiger partial charge in [-0.05, 0) is 13.0 Å². The van der Waals surface area contributed by atoms with E-state index in [9.17, 15) is 26.3 Å². The molecule has 0 aliphatic heterocycles. The van der Waals surface area contributed by atoms with Crippen molar-refractivity contribution in [3.05, 3.63) is 41.5 Å². The molecule has 0 spiro atoms. The number of nitrogens with zero attached hydrogens (tertiary/aromatic N) is 4. The van der Waals surface area contributed by atoms with Crippen molar-refractivity contribution in [3.8, 4) is 0 Å². The second-order valence-electron chi connectivity index (χ2n) is 6.00. The molecule has 1 atom stereocenters. The zero-order valence-electron chi connectivity index (χ0n) is 14.4. The van der Waals surface area contributed by atoms with Gasteiger partial charge < -0.3 is 10.3 Å². The minimum absolute atomic E-state index is 0.0445. The summed E-state index contributed by atoms with van der Waals surface area (Å²) in [5, 5.41) is -0.906. The Balaban J connectivity index is 1.96. The maximum atomic E-state index is 13.2. The second-order valence-corrected chi connectivity index (χ2v) is 7.30. The fourth-order valence-corrected chi connectivity index (χ4v) is 3.48. The number of thioether (sulfide) groups is 1. The molecule has 0 aliphatic carbocycles. The first-order valence-corrected chi connectivity index (χ1v) is 8.65. The van der Waals surface area contributed by atoms with E-state index in [1.54, 1.807) is 6.92 Å². The van der Waals surface area contributed by atoms with E-state index in [-0.39, 0.29) is 27.6 Å². The van der Waals surface area contributed by atoms with Gasteiger partial charge in [-0.2, -0.15) is 26.3 Å². The number of fused-ring (bicyclic) bond motifs is 1. The third kappa shape index (κ3) is 4.01. The number of rotatable bonds is 3. The van der Waals surface area contributed by atoms with Crippen LogP contribution in [-0.2, 0) is 19.4 Å². The average Bonchev–Trinajstić information content (AvgIpc) is 2.90. The Morgan fingerprint density at radius 3 is 2.36 bits per heavy atom. The number of hydrogen-bond acceptors (Lipinski definition) is 5. The van der Waals surface area contributed by atoms with Crippen LogP contribution in [0.5, 0.6) is 0 Å². The molecule has 5 nitrogen and oxygen atoms in total. The molecule has 0 saturated heterocycles. The first-order chi connectivity index (χ1) is 12.9. The van der Waals surface area contributed by atoms with E-state index < -0.39 is 28.9 Å². The number of hydrogen-bond donors (Lipinski definition) is 1. The first-order valence-electron chi connectivity index (χ1n) is 7.77. The minimum Gasteiger partial charge on any atom is -0.384 e. The van der Waals surface area contributed by atoms with Crippen molar-refractivity contribution >= 4 is 28.5 Å². The lowest BCUT2D eigenvalue weighted by atomic mass is 10.1. The number of alkyl halides is 6. The molecule has 3 aromatic heterocycles. The van der Waals surface area contributed by atoms with Crippen LogP contribution in [0.15, 0.2) is 29.7 Å². The van der Waals surface area contributed by atoms with Crippen molar-refractivity contribution in [3.63, 3.8) is 0 Å². The predicted octanol–water partition coefficient (Wildman–Crippen LogP) is 4.84. The van der Waals surface area contributed by atoms with Crippen molar-refractivity contribution in [2.45, 2.75) is 29.7 Å². The van der Waals surface area contributed by atoms with Gasteiger partial charge in [0.05, 0.1) is 28.2 Å². The molecule has 3 heterocycles. The Morgan fingerprint density at radius 1 is 1.07 bits per heavy atom. The van der Waals surface area contributed by atoms with Crippen molar-refractivity contribution in [1.29, 1.82) is 0 Å². The molecule has 150 valence electrons. The highest BCUT2D eigenvalue weighted by molar-refractivity contribution is 7.99. The van der Waals surface area contributed by atoms with Crippen LogP contribution in [0.25, 0.3) is 10.9 Å². The molecule has 0 radical (unpaired) electrons. The highest BCUT2D eigenvalue weighted by atomic mass is 32.2. The van der Waals surface area contributed by atoms with Crippen LogP contribution in [0.2, 0.25) is 0 Å². The zero-order valence-corrected chi connectivity index (χ0v) is 15.2. The van der Waals surface area contributed by atoms with Gasteiger partial charge >= 0.3 is 12.4 Å². The summed E-state index contributed by atoms with van der Waals surface area (Å²) in [7, 11) is 1.47. The molecule has 0 fully saturated rings. The van der Waals surface area contributed by atoms with Crippen molar-refractivity contribution in [2.24, 2.45) is 7.05 Å². The van der Waals surface area contributed by atoms with E-state index in [2.05, 4.69) is 15.0 Å². The minimum atomic E-state index is -4.70. The van der Waals surface area contributed by atoms with Crippen LogP contribution in [0.4, 0.5) is 32.2 Å². The topological polar surface area (TPSA) is 69.6 Å². The van der Waals surface area contributed by atoms with Crippen LogP contribution in [0.3, 0.4) is 0 Å². The van der Waals surface area contributed by atoms with Gasteiger partial charge in [-0.15, -0.1) is 0 Å². The molecule has 0 aliphatic rings. The Bertz CT molecular complexity index is 1030. The Morgan fingerprint density at radius 2 is 1.75 bits per heavy atom.